The minimum absolute atomic E-state index is 0.00115. The lowest BCUT2D eigenvalue weighted by Crippen LogP contribution is -2.31. The van der Waals surface area contributed by atoms with Gasteiger partial charge in [0.25, 0.3) is 11.6 Å². The molecular weight excluding hydrogens is 494 g/mol. The molecule has 2 amide bonds. The molecule has 30 heavy (non-hydrogen) atoms. The van der Waals surface area contributed by atoms with E-state index in [1.54, 1.807) is 18.2 Å². The maximum absolute atomic E-state index is 12.6. The number of phenols is 1. The van der Waals surface area contributed by atoms with Crippen molar-refractivity contribution in [1.82, 2.24) is 4.90 Å². The summed E-state index contributed by atoms with van der Waals surface area (Å²) in [7, 11) is 0. The van der Waals surface area contributed by atoms with Crippen molar-refractivity contribution in [3.05, 3.63) is 67.5 Å². The number of hydrogen-bond donors (Lipinski definition) is 2. The van der Waals surface area contributed by atoms with Crippen LogP contribution in [0.15, 0.2) is 51.8 Å². The fraction of sp³-hybridized carbons (Fsp3) is 0.105. The average Bonchev–Trinajstić information content (AvgIpc) is 2.96. The minimum Gasteiger partial charge on any atom is -0.507 e. The van der Waals surface area contributed by atoms with E-state index in [4.69, 9.17) is 12.2 Å². The number of rotatable bonds is 6. The Kier molecular flexibility index (Phi) is 6.85. The molecule has 1 fully saturated rings. The van der Waals surface area contributed by atoms with Crippen molar-refractivity contribution in [1.29, 1.82) is 0 Å². The van der Waals surface area contributed by atoms with E-state index in [2.05, 4.69) is 21.2 Å². The van der Waals surface area contributed by atoms with Crippen molar-refractivity contribution in [3.8, 4) is 5.75 Å². The largest absolute Gasteiger partial charge is 0.507 e. The predicted octanol–water partition coefficient (Wildman–Crippen LogP) is 4.29. The first-order chi connectivity index (χ1) is 14.2. The number of nitrogens with zero attached hydrogens (tertiary/aromatic N) is 2. The van der Waals surface area contributed by atoms with Crippen molar-refractivity contribution >= 4 is 73.5 Å². The third kappa shape index (κ3) is 5.23. The van der Waals surface area contributed by atoms with E-state index >= 15 is 0 Å². The number of anilines is 1. The van der Waals surface area contributed by atoms with Crippen LogP contribution in [0.5, 0.6) is 5.75 Å². The summed E-state index contributed by atoms with van der Waals surface area (Å²) >= 11 is 9.67. The Hall–Kier alpha value is -2.76. The highest BCUT2D eigenvalue weighted by Crippen LogP contribution is 2.34. The minimum atomic E-state index is -0.526. The van der Waals surface area contributed by atoms with E-state index in [0.717, 1.165) is 16.2 Å². The van der Waals surface area contributed by atoms with E-state index < -0.39 is 4.92 Å². The molecule has 2 N–H and O–H groups in total. The first-order valence-corrected chi connectivity index (χ1v) is 10.5. The molecule has 1 saturated heterocycles. The highest BCUT2D eigenvalue weighted by atomic mass is 79.9. The average molecular weight is 508 g/mol. The second-order valence-electron chi connectivity index (χ2n) is 6.14. The molecule has 0 atom stereocenters. The molecule has 154 valence electrons. The zero-order chi connectivity index (χ0) is 21.8. The maximum Gasteiger partial charge on any atom is 0.269 e. The van der Waals surface area contributed by atoms with Crippen LogP contribution in [0.4, 0.5) is 11.4 Å². The lowest BCUT2D eigenvalue weighted by Gasteiger charge is -2.14. The van der Waals surface area contributed by atoms with E-state index in [1.165, 1.54) is 35.2 Å². The van der Waals surface area contributed by atoms with Gasteiger partial charge in [0.2, 0.25) is 5.91 Å². The Labute approximate surface area is 189 Å². The number of hydrogen-bond acceptors (Lipinski definition) is 7. The summed E-state index contributed by atoms with van der Waals surface area (Å²) in [4.78, 5) is 36.6. The van der Waals surface area contributed by atoms with Gasteiger partial charge in [-0.15, -0.1) is 0 Å². The third-order valence-corrected chi connectivity index (χ3v) is 5.95. The molecule has 1 aliphatic heterocycles. The molecule has 0 radical (unpaired) electrons. The lowest BCUT2D eigenvalue weighted by atomic mass is 10.2. The molecule has 0 unspecified atom stereocenters. The highest BCUT2D eigenvalue weighted by Gasteiger charge is 2.32. The third-order valence-electron chi connectivity index (χ3n) is 4.07. The topological polar surface area (TPSA) is 113 Å². The number of benzene rings is 2. The summed E-state index contributed by atoms with van der Waals surface area (Å²) in [5, 5.41) is 23.2. The summed E-state index contributed by atoms with van der Waals surface area (Å²) in [6.45, 7) is 0.0886. The van der Waals surface area contributed by atoms with Gasteiger partial charge in [0.05, 0.1) is 9.83 Å². The number of nitro benzene ring substituents is 1. The molecule has 11 heteroatoms. The van der Waals surface area contributed by atoms with E-state index in [1.807, 2.05) is 0 Å². The van der Waals surface area contributed by atoms with Crippen molar-refractivity contribution < 1.29 is 19.6 Å². The lowest BCUT2D eigenvalue weighted by molar-refractivity contribution is -0.384. The van der Waals surface area contributed by atoms with Gasteiger partial charge in [0.1, 0.15) is 10.1 Å². The number of carbonyl (C=O) groups is 2. The van der Waals surface area contributed by atoms with E-state index in [0.29, 0.717) is 20.5 Å². The Balaban J connectivity index is 1.61. The van der Waals surface area contributed by atoms with Gasteiger partial charge >= 0.3 is 0 Å². The van der Waals surface area contributed by atoms with Crippen molar-refractivity contribution in [2.45, 2.75) is 6.42 Å². The normalized spacial score (nSPS) is 15.0. The number of thiocarbonyl (C=S) groups is 1. The van der Waals surface area contributed by atoms with Gasteiger partial charge in [0, 0.05) is 40.8 Å². The fourth-order valence-corrected chi connectivity index (χ4v) is 4.26. The second kappa shape index (κ2) is 9.37. The summed E-state index contributed by atoms with van der Waals surface area (Å²) < 4.78 is 1.08. The predicted molar refractivity (Wildman–Crippen MR) is 122 cm³/mol. The molecule has 3 rings (SSSR count). The summed E-state index contributed by atoms with van der Waals surface area (Å²) in [5.41, 5.74) is 0.815. The number of nitrogens with one attached hydrogen (secondary N) is 1. The van der Waals surface area contributed by atoms with Gasteiger partial charge in [-0.3, -0.25) is 24.6 Å². The number of carbonyl (C=O) groups excluding carboxylic acids is 2. The first kappa shape index (κ1) is 21.9. The standard InChI is InChI=1S/C19H14BrN3O5S2/c20-12-1-6-15(24)11(9-12)10-16-18(26)22(19(29)30-16)8-7-17(25)21-13-2-4-14(5-3-13)23(27)28/h1-6,9-10,24H,7-8H2,(H,21,25)/b16-10-. The van der Waals surface area contributed by atoms with Crippen molar-refractivity contribution in [3.63, 3.8) is 0 Å². The molecule has 0 bridgehead atoms. The van der Waals surface area contributed by atoms with Gasteiger partial charge in [-0.1, -0.05) is 39.9 Å². The van der Waals surface area contributed by atoms with Gasteiger partial charge in [-0.05, 0) is 36.4 Å². The first-order valence-electron chi connectivity index (χ1n) is 8.53. The smallest absolute Gasteiger partial charge is 0.269 e. The zero-order valence-corrected chi connectivity index (χ0v) is 18.4. The van der Waals surface area contributed by atoms with Crippen LogP contribution in [0.2, 0.25) is 0 Å². The van der Waals surface area contributed by atoms with Gasteiger partial charge in [-0.2, -0.15) is 0 Å². The van der Waals surface area contributed by atoms with Crippen LogP contribution < -0.4 is 5.32 Å². The van der Waals surface area contributed by atoms with Crippen LogP contribution in [-0.4, -0.2) is 37.6 Å². The van der Waals surface area contributed by atoms with Crippen LogP contribution >= 0.6 is 39.9 Å². The van der Waals surface area contributed by atoms with Crippen LogP contribution in [0.25, 0.3) is 6.08 Å². The van der Waals surface area contributed by atoms with Crippen LogP contribution in [0.3, 0.4) is 0 Å². The molecule has 2 aromatic rings. The molecule has 0 saturated carbocycles. The molecule has 1 heterocycles. The fourth-order valence-electron chi connectivity index (χ4n) is 2.58. The quantitative estimate of drug-likeness (QED) is 0.259. The van der Waals surface area contributed by atoms with Crippen LogP contribution in [-0.2, 0) is 9.59 Å². The van der Waals surface area contributed by atoms with Gasteiger partial charge < -0.3 is 10.4 Å². The number of phenolic OH excluding ortho intramolecular Hbond substituents is 1. The Morgan fingerprint density at radius 3 is 2.67 bits per heavy atom. The van der Waals surface area contributed by atoms with Crippen LogP contribution in [0, 0.1) is 10.1 Å². The monoisotopic (exact) mass is 507 g/mol. The zero-order valence-electron chi connectivity index (χ0n) is 15.2. The summed E-state index contributed by atoms with van der Waals surface area (Å²) in [5.74, 6) is -0.662. The molecule has 0 aromatic heterocycles. The van der Waals surface area contributed by atoms with Gasteiger partial charge in [-0.25, -0.2) is 0 Å². The number of non-ortho nitro benzene ring substituents is 1. The maximum atomic E-state index is 12.6. The number of aromatic hydroxyl groups is 1. The molecule has 1 aliphatic rings. The molecule has 2 aromatic carbocycles. The van der Waals surface area contributed by atoms with Crippen molar-refractivity contribution in [2.24, 2.45) is 0 Å². The summed E-state index contributed by atoms with van der Waals surface area (Å²) in [6, 6.07) is 10.3. The van der Waals surface area contributed by atoms with Crippen molar-refractivity contribution in [2.75, 3.05) is 11.9 Å². The summed E-state index contributed by atoms with van der Waals surface area (Å²) in [6.07, 6.45) is 1.55. The Morgan fingerprint density at radius 2 is 2.00 bits per heavy atom. The Morgan fingerprint density at radius 1 is 1.30 bits per heavy atom. The van der Waals surface area contributed by atoms with E-state index in [-0.39, 0.29) is 36.2 Å². The SMILES string of the molecule is O=C(CCN1C(=O)/C(=C/c2cc(Br)ccc2O)SC1=S)Nc1ccc([N+](=O)[O-])cc1. The number of nitro groups is 1. The molecule has 8 nitrogen and oxygen atoms in total. The van der Waals surface area contributed by atoms with E-state index in [9.17, 15) is 24.8 Å². The number of thioether (sulfide) groups is 1. The molecular formula is C19H14BrN3O5S2. The number of amides is 2. The Bertz CT molecular complexity index is 1070. The van der Waals surface area contributed by atoms with Gasteiger partial charge in [0.15, 0.2) is 0 Å². The molecule has 0 spiro atoms. The molecule has 0 aliphatic carbocycles. The number of halogens is 1. The second-order valence-corrected chi connectivity index (χ2v) is 8.73. The highest BCUT2D eigenvalue weighted by molar-refractivity contribution is 9.10. The van der Waals surface area contributed by atoms with Crippen LogP contribution in [0.1, 0.15) is 12.0 Å².